The van der Waals surface area contributed by atoms with E-state index in [2.05, 4.69) is 50.8 Å². The van der Waals surface area contributed by atoms with Gasteiger partial charge in [0, 0.05) is 0 Å². The highest BCUT2D eigenvalue weighted by Gasteiger charge is 2.02. The number of fused-ring (bicyclic) bond motifs is 1. The fourth-order valence-corrected chi connectivity index (χ4v) is 1.93. The first-order valence-electron chi connectivity index (χ1n) is 4.85. The van der Waals surface area contributed by atoms with Gasteiger partial charge in [-0.2, -0.15) is 0 Å². The SMILES string of the molecule is C=Cc1cccc2c(C)ccc(C)c12. The molecule has 2 aromatic carbocycles. The molecule has 0 atom stereocenters. The first-order valence-corrected chi connectivity index (χ1v) is 4.85. The largest absolute Gasteiger partial charge is 0.0984 e. The van der Waals surface area contributed by atoms with Crippen molar-refractivity contribution in [1.82, 2.24) is 0 Å². The molecule has 0 aliphatic heterocycles. The molecule has 0 aliphatic carbocycles. The summed E-state index contributed by atoms with van der Waals surface area (Å²) in [6.07, 6.45) is 1.93. The predicted molar refractivity (Wildman–Crippen MR) is 63.5 cm³/mol. The van der Waals surface area contributed by atoms with E-state index < -0.39 is 0 Å². The summed E-state index contributed by atoms with van der Waals surface area (Å²) in [6.45, 7) is 8.15. The Bertz CT molecular complexity index is 493. The minimum absolute atomic E-state index is 1.23. The zero-order valence-corrected chi connectivity index (χ0v) is 8.67. The Hall–Kier alpha value is -1.56. The van der Waals surface area contributed by atoms with E-state index in [9.17, 15) is 0 Å². The molecule has 0 spiro atoms. The fourth-order valence-electron chi connectivity index (χ4n) is 1.93. The first-order chi connectivity index (χ1) is 6.74. The molecular formula is C14H14. The Morgan fingerprint density at radius 2 is 1.71 bits per heavy atom. The molecule has 0 saturated carbocycles. The van der Waals surface area contributed by atoms with Crippen molar-refractivity contribution in [3.63, 3.8) is 0 Å². The molecule has 0 aromatic heterocycles. The molecule has 0 radical (unpaired) electrons. The van der Waals surface area contributed by atoms with E-state index in [1.54, 1.807) is 0 Å². The topological polar surface area (TPSA) is 0 Å². The molecule has 0 amide bonds. The lowest BCUT2D eigenvalue weighted by Crippen LogP contribution is -1.85. The number of rotatable bonds is 1. The van der Waals surface area contributed by atoms with Gasteiger partial charge in [0.1, 0.15) is 0 Å². The lowest BCUT2D eigenvalue weighted by molar-refractivity contribution is 1.46. The summed E-state index contributed by atoms with van der Waals surface area (Å²) in [4.78, 5) is 0. The molecule has 0 nitrogen and oxygen atoms in total. The molecule has 0 heteroatoms. The molecule has 70 valence electrons. The Morgan fingerprint density at radius 3 is 2.43 bits per heavy atom. The van der Waals surface area contributed by atoms with Crippen molar-refractivity contribution in [3.8, 4) is 0 Å². The second-order valence-corrected chi connectivity index (χ2v) is 3.67. The molecule has 0 fully saturated rings. The lowest BCUT2D eigenvalue weighted by atomic mass is 9.97. The van der Waals surface area contributed by atoms with Crippen molar-refractivity contribution < 1.29 is 0 Å². The van der Waals surface area contributed by atoms with Gasteiger partial charge in [0.15, 0.2) is 0 Å². The summed E-state index contributed by atoms with van der Waals surface area (Å²) in [5.74, 6) is 0. The normalized spacial score (nSPS) is 10.4. The summed E-state index contributed by atoms with van der Waals surface area (Å²) >= 11 is 0. The van der Waals surface area contributed by atoms with Gasteiger partial charge < -0.3 is 0 Å². The summed E-state index contributed by atoms with van der Waals surface area (Å²) in [7, 11) is 0. The highest BCUT2D eigenvalue weighted by molar-refractivity contribution is 5.95. The van der Waals surface area contributed by atoms with Gasteiger partial charge in [-0.3, -0.25) is 0 Å². The zero-order valence-electron chi connectivity index (χ0n) is 8.67. The average Bonchev–Trinajstić information content (AvgIpc) is 2.23. The van der Waals surface area contributed by atoms with Crippen molar-refractivity contribution in [2.75, 3.05) is 0 Å². The summed E-state index contributed by atoms with van der Waals surface area (Å²) in [5.41, 5.74) is 3.87. The highest BCUT2D eigenvalue weighted by Crippen LogP contribution is 2.26. The Kier molecular flexibility index (Phi) is 2.12. The van der Waals surface area contributed by atoms with Crippen LogP contribution < -0.4 is 0 Å². The number of hydrogen-bond donors (Lipinski definition) is 0. The van der Waals surface area contributed by atoms with E-state index in [1.165, 1.54) is 27.5 Å². The highest BCUT2D eigenvalue weighted by atomic mass is 14.1. The predicted octanol–water partition coefficient (Wildman–Crippen LogP) is 4.10. The molecule has 0 aliphatic rings. The average molecular weight is 182 g/mol. The number of hydrogen-bond acceptors (Lipinski definition) is 0. The quantitative estimate of drug-likeness (QED) is 0.623. The monoisotopic (exact) mass is 182 g/mol. The second kappa shape index (κ2) is 3.30. The van der Waals surface area contributed by atoms with Crippen LogP contribution in [0.5, 0.6) is 0 Å². The van der Waals surface area contributed by atoms with Gasteiger partial charge in [-0.15, -0.1) is 0 Å². The maximum Gasteiger partial charge on any atom is -0.00797 e. The van der Waals surface area contributed by atoms with Crippen molar-refractivity contribution in [2.45, 2.75) is 13.8 Å². The van der Waals surface area contributed by atoms with E-state index in [0.29, 0.717) is 0 Å². The van der Waals surface area contributed by atoms with Gasteiger partial charge in [-0.1, -0.05) is 43.0 Å². The van der Waals surface area contributed by atoms with Crippen LogP contribution in [0, 0.1) is 13.8 Å². The van der Waals surface area contributed by atoms with Crippen molar-refractivity contribution in [1.29, 1.82) is 0 Å². The van der Waals surface area contributed by atoms with Crippen LogP contribution in [0.1, 0.15) is 16.7 Å². The summed E-state index contributed by atoms with van der Waals surface area (Å²) < 4.78 is 0. The van der Waals surface area contributed by atoms with E-state index >= 15 is 0 Å². The lowest BCUT2D eigenvalue weighted by Gasteiger charge is -2.08. The third-order valence-electron chi connectivity index (χ3n) is 2.72. The van der Waals surface area contributed by atoms with Crippen LogP contribution in [0.4, 0.5) is 0 Å². The van der Waals surface area contributed by atoms with Crippen LogP contribution in [0.2, 0.25) is 0 Å². The molecular weight excluding hydrogens is 168 g/mol. The second-order valence-electron chi connectivity index (χ2n) is 3.67. The number of aryl methyl sites for hydroxylation is 2. The third kappa shape index (κ3) is 1.24. The van der Waals surface area contributed by atoms with Crippen LogP contribution in [-0.4, -0.2) is 0 Å². The Morgan fingerprint density at radius 1 is 1.00 bits per heavy atom. The van der Waals surface area contributed by atoms with E-state index in [1.807, 2.05) is 6.08 Å². The Balaban J connectivity index is 2.99. The maximum atomic E-state index is 3.85. The van der Waals surface area contributed by atoms with E-state index in [-0.39, 0.29) is 0 Å². The van der Waals surface area contributed by atoms with E-state index in [4.69, 9.17) is 0 Å². The van der Waals surface area contributed by atoms with Crippen LogP contribution >= 0.6 is 0 Å². The maximum absolute atomic E-state index is 3.85. The van der Waals surface area contributed by atoms with Crippen molar-refractivity contribution >= 4 is 16.8 Å². The number of benzene rings is 2. The van der Waals surface area contributed by atoms with Gasteiger partial charge in [0.25, 0.3) is 0 Å². The first kappa shape index (κ1) is 9.01. The van der Waals surface area contributed by atoms with Crippen molar-refractivity contribution in [3.05, 3.63) is 53.6 Å². The summed E-state index contributed by atoms with van der Waals surface area (Å²) in [5, 5.41) is 2.67. The summed E-state index contributed by atoms with van der Waals surface area (Å²) in [6, 6.07) is 10.7. The minimum Gasteiger partial charge on any atom is -0.0984 e. The molecule has 14 heavy (non-hydrogen) atoms. The zero-order chi connectivity index (χ0) is 10.1. The Labute approximate surface area is 84.9 Å². The standard InChI is InChI=1S/C14H14/c1-4-12-6-5-7-13-10(2)8-9-11(3)14(12)13/h4-9H,1H2,2-3H3. The van der Waals surface area contributed by atoms with Gasteiger partial charge in [-0.05, 0) is 41.3 Å². The van der Waals surface area contributed by atoms with Crippen molar-refractivity contribution in [2.24, 2.45) is 0 Å². The van der Waals surface area contributed by atoms with Gasteiger partial charge >= 0.3 is 0 Å². The van der Waals surface area contributed by atoms with Crippen LogP contribution in [0.25, 0.3) is 16.8 Å². The van der Waals surface area contributed by atoms with Crippen LogP contribution in [-0.2, 0) is 0 Å². The molecule has 2 rings (SSSR count). The molecule has 2 aromatic rings. The van der Waals surface area contributed by atoms with Gasteiger partial charge in [0.05, 0.1) is 0 Å². The molecule has 0 saturated heterocycles. The molecule has 0 heterocycles. The van der Waals surface area contributed by atoms with Crippen LogP contribution in [0.15, 0.2) is 36.9 Å². The fraction of sp³-hybridized carbons (Fsp3) is 0.143. The van der Waals surface area contributed by atoms with Gasteiger partial charge in [-0.25, -0.2) is 0 Å². The third-order valence-corrected chi connectivity index (χ3v) is 2.72. The molecule has 0 N–H and O–H groups in total. The van der Waals surface area contributed by atoms with Gasteiger partial charge in [0.2, 0.25) is 0 Å². The minimum atomic E-state index is 1.23. The molecule has 0 bridgehead atoms. The molecule has 0 unspecified atom stereocenters. The van der Waals surface area contributed by atoms with Crippen LogP contribution in [0.3, 0.4) is 0 Å². The van der Waals surface area contributed by atoms with E-state index in [0.717, 1.165) is 0 Å². The smallest absolute Gasteiger partial charge is 0.00797 e.